The van der Waals surface area contributed by atoms with Crippen molar-refractivity contribution in [1.82, 2.24) is 4.57 Å². The van der Waals surface area contributed by atoms with Crippen LogP contribution >= 0.6 is 0 Å². The van der Waals surface area contributed by atoms with Gasteiger partial charge in [0.05, 0.1) is 18.7 Å². The van der Waals surface area contributed by atoms with Gasteiger partial charge >= 0.3 is 5.97 Å². The van der Waals surface area contributed by atoms with Gasteiger partial charge < -0.3 is 18.8 Å². The third kappa shape index (κ3) is 8.09. The van der Waals surface area contributed by atoms with Crippen LogP contribution in [-0.2, 0) is 11.3 Å². The third-order valence-electron chi connectivity index (χ3n) is 5.64. The fraction of sp³-hybridized carbons (Fsp3) is 0.630. The second-order valence-corrected chi connectivity index (χ2v) is 8.56. The van der Waals surface area contributed by atoms with Gasteiger partial charge in [-0.3, -0.25) is 9.59 Å². The number of nitrogens with zero attached hydrogens (tertiary/aromatic N) is 1. The number of pyridine rings is 1. The summed E-state index contributed by atoms with van der Waals surface area (Å²) in [5.41, 5.74) is 0.424. The Labute approximate surface area is 198 Å². The number of carbonyl (C=O) groups excluding carboxylic acids is 1. The Morgan fingerprint density at radius 1 is 0.818 bits per heavy atom. The lowest BCUT2D eigenvalue weighted by atomic mass is 10.1. The van der Waals surface area contributed by atoms with E-state index < -0.39 is 5.97 Å². The first-order valence-electron chi connectivity index (χ1n) is 12.7. The molecule has 2 rings (SSSR count). The smallest absolute Gasteiger partial charge is 0.308 e. The summed E-state index contributed by atoms with van der Waals surface area (Å²) in [4.78, 5) is 25.3. The van der Waals surface area contributed by atoms with Gasteiger partial charge in [0.15, 0.2) is 5.75 Å². The van der Waals surface area contributed by atoms with Crippen molar-refractivity contribution < 1.29 is 19.0 Å². The molecule has 0 unspecified atom stereocenters. The average molecular weight is 460 g/mol. The molecule has 0 fully saturated rings. The number of carbonyl (C=O) groups is 1. The maximum absolute atomic E-state index is 13.5. The SMILES string of the molecule is CCCCCCOc1c(OC(C)=O)c(=O)n(CCCCCC)c2cc(OCCCC)ccc12. The lowest BCUT2D eigenvalue weighted by Gasteiger charge is -2.18. The van der Waals surface area contributed by atoms with Gasteiger partial charge in [-0.1, -0.05) is 65.7 Å². The van der Waals surface area contributed by atoms with Gasteiger partial charge in [-0.2, -0.15) is 0 Å². The van der Waals surface area contributed by atoms with Crippen LogP contribution in [0.2, 0.25) is 0 Å². The van der Waals surface area contributed by atoms with Crippen molar-refractivity contribution in [1.29, 1.82) is 0 Å². The lowest BCUT2D eigenvalue weighted by Crippen LogP contribution is -2.25. The fourth-order valence-corrected chi connectivity index (χ4v) is 3.80. The Hall–Kier alpha value is -2.50. The van der Waals surface area contributed by atoms with E-state index in [-0.39, 0.29) is 11.3 Å². The highest BCUT2D eigenvalue weighted by molar-refractivity contribution is 5.90. The van der Waals surface area contributed by atoms with Crippen LogP contribution < -0.4 is 19.8 Å². The maximum atomic E-state index is 13.5. The van der Waals surface area contributed by atoms with Crippen LogP contribution in [0.15, 0.2) is 23.0 Å². The van der Waals surface area contributed by atoms with E-state index in [0.717, 1.165) is 80.9 Å². The Morgan fingerprint density at radius 3 is 2.15 bits per heavy atom. The van der Waals surface area contributed by atoms with E-state index >= 15 is 0 Å². The Morgan fingerprint density at radius 2 is 1.48 bits per heavy atom. The molecule has 6 nitrogen and oxygen atoms in total. The maximum Gasteiger partial charge on any atom is 0.308 e. The van der Waals surface area contributed by atoms with E-state index in [1.807, 2.05) is 18.2 Å². The first-order chi connectivity index (χ1) is 16.0. The highest BCUT2D eigenvalue weighted by Gasteiger charge is 2.21. The predicted octanol–water partition coefficient (Wildman–Crippen LogP) is 6.65. The van der Waals surface area contributed by atoms with Gasteiger partial charge in [0.25, 0.3) is 5.56 Å². The van der Waals surface area contributed by atoms with Gasteiger partial charge in [-0.05, 0) is 31.4 Å². The first kappa shape index (κ1) is 26.7. The Bertz CT molecular complexity index is 934. The molecule has 0 aliphatic heterocycles. The number of esters is 1. The number of unbranched alkanes of at least 4 members (excludes halogenated alkanes) is 7. The first-order valence-corrected chi connectivity index (χ1v) is 12.7. The summed E-state index contributed by atoms with van der Waals surface area (Å²) in [6, 6.07) is 5.71. The number of aromatic nitrogens is 1. The second kappa shape index (κ2) is 14.6. The standard InChI is InChI=1S/C27H41NO5/c1-5-8-11-13-17-28-24-20-22(31-18-10-7-3)15-16-23(24)25(32-19-14-12-9-6-2)26(27(28)30)33-21(4)29/h15-16,20H,5-14,17-19H2,1-4H3. The molecule has 0 bridgehead atoms. The van der Waals surface area contributed by atoms with Crippen LogP contribution in [0.4, 0.5) is 0 Å². The molecule has 1 heterocycles. The molecule has 1 aromatic heterocycles. The van der Waals surface area contributed by atoms with Crippen molar-refractivity contribution in [3.05, 3.63) is 28.6 Å². The normalized spacial score (nSPS) is 11.0. The minimum atomic E-state index is -0.528. The van der Waals surface area contributed by atoms with E-state index in [4.69, 9.17) is 14.2 Å². The molecule has 184 valence electrons. The van der Waals surface area contributed by atoms with Crippen LogP contribution in [0, 0.1) is 0 Å². The second-order valence-electron chi connectivity index (χ2n) is 8.56. The minimum absolute atomic E-state index is 0.0133. The van der Waals surface area contributed by atoms with Crippen LogP contribution in [0.3, 0.4) is 0 Å². The lowest BCUT2D eigenvalue weighted by molar-refractivity contribution is -0.132. The quantitative estimate of drug-likeness (QED) is 0.208. The van der Waals surface area contributed by atoms with E-state index in [1.165, 1.54) is 6.92 Å². The molecule has 0 aliphatic rings. The van der Waals surface area contributed by atoms with Gasteiger partial charge in [-0.25, -0.2) is 0 Å². The number of ether oxygens (including phenoxy) is 3. The van der Waals surface area contributed by atoms with Gasteiger partial charge in [0, 0.05) is 24.9 Å². The van der Waals surface area contributed by atoms with E-state index in [0.29, 0.717) is 25.5 Å². The van der Waals surface area contributed by atoms with E-state index in [2.05, 4.69) is 20.8 Å². The summed E-state index contributed by atoms with van der Waals surface area (Å²) >= 11 is 0. The zero-order chi connectivity index (χ0) is 24.1. The monoisotopic (exact) mass is 459 g/mol. The summed E-state index contributed by atoms with van der Waals surface area (Å²) < 4.78 is 19.1. The zero-order valence-corrected chi connectivity index (χ0v) is 20.9. The molecule has 2 aromatic rings. The molecule has 1 aromatic carbocycles. The average Bonchev–Trinajstić information content (AvgIpc) is 2.80. The summed E-state index contributed by atoms with van der Waals surface area (Å²) in [5.74, 6) is 0.540. The Kier molecular flexibility index (Phi) is 11.8. The molecule has 0 aliphatic carbocycles. The van der Waals surface area contributed by atoms with Crippen molar-refractivity contribution >= 4 is 16.9 Å². The molecule has 0 amide bonds. The molecule has 0 saturated heterocycles. The van der Waals surface area contributed by atoms with Crippen molar-refractivity contribution in [3.63, 3.8) is 0 Å². The van der Waals surface area contributed by atoms with Crippen molar-refractivity contribution in [2.75, 3.05) is 13.2 Å². The number of aryl methyl sites for hydroxylation is 1. The van der Waals surface area contributed by atoms with Crippen LogP contribution in [-0.4, -0.2) is 23.8 Å². The highest BCUT2D eigenvalue weighted by Crippen LogP contribution is 2.35. The van der Waals surface area contributed by atoms with Crippen LogP contribution in [0.25, 0.3) is 10.9 Å². The molecule has 0 atom stereocenters. The molecule has 33 heavy (non-hydrogen) atoms. The summed E-state index contributed by atoms with van der Waals surface area (Å²) in [6.07, 6.45) is 10.4. The molecule has 6 heteroatoms. The van der Waals surface area contributed by atoms with Gasteiger partial charge in [0.2, 0.25) is 5.75 Å². The number of fused-ring (bicyclic) bond motifs is 1. The predicted molar refractivity (Wildman–Crippen MR) is 134 cm³/mol. The highest BCUT2D eigenvalue weighted by atomic mass is 16.6. The summed E-state index contributed by atoms with van der Waals surface area (Å²) in [5, 5.41) is 0.764. The summed E-state index contributed by atoms with van der Waals surface area (Å²) in [7, 11) is 0. The number of benzene rings is 1. The number of hydrogen-bond donors (Lipinski definition) is 0. The number of hydrogen-bond acceptors (Lipinski definition) is 5. The van der Waals surface area contributed by atoms with Crippen molar-refractivity contribution in [2.45, 2.75) is 98.4 Å². The van der Waals surface area contributed by atoms with Crippen molar-refractivity contribution in [2.24, 2.45) is 0 Å². The molecular formula is C27H41NO5. The summed E-state index contributed by atoms with van der Waals surface area (Å²) in [6.45, 7) is 9.41. The molecule has 0 spiro atoms. The van der Waals surface area contributed by atoms with E-state index in [9.17, 15) is 9.59 Å². The van der Waals surface area contributed by atoms with E-state index in [1.54, 1.807) is 4.57 Å². The molecule has 0 N–H and O–H groups in total. The third-order valence-corrected chi connectivity index (χ3v) is 5.64. The molecule has 0 radical (unpaired) electrons. The molecular weight excluding hydrogens is 418 g/mol. The van der Waals surface area contributed by atoms with Gasteiger partial charge in [0.1, 0.15) is 5.75 Å². The minimum Gasteiger partial charge on any atom is -0.494 e. The number of rotatable bonds is 16. The Balaban J connectivity index is 2.51. The van der Waals surface area contributed by atoms with Crippen LogP contribution in [0.5, 0.6) is 17.2 Å². The van der Waals surface area contributed by atoms with Crippen LogP contribution in [0.1, 0.15) is 91.9 Å². The fourth-order valence-electron chi connectivity index (χ4n) is 3.80. The topological polar surface area (TPSA) is 66.8 Å². The van der Waals surface area contributed by atoms with Gasteiger partial charge in [-0.15, -0.1) is 0 Å². The van der Waals surface area contributed by atoms with Crippen molar-refractivity contribution in [3.8, 4) is 17.2 Å². The molecule has 0 saturated carbocycles. The largest absolute Gasteiger partial charge is 0.494 e. The zero-order valence-electron chi connectivity index (χ0n) is 20.9.